The van der Waals surface area contributed by atoms with Gasteiger partial charge < -0.3 is 15.2 Å². The maximum absolute atomic E-state index is 13.1. The minimum Gasteiger partial charge on any atom is -0.376 e. The Morgan fingerprint density at radius 1 is 1.44 bits per heavy atom. The van der Waals surface area contributed by atoms with Gasteiger partial charge in [-0.2, -0.15) is 0 Å². The molecule has 3 nitrogen and oxygen atoms in total. The lowest BCUT2D eigenvalue weighted by atomic mass is 10.0. The number of ether oxygens (including phenoxy) is 2. The van der Waals surface area contributed by atoms with Gasteiger partial charge in [-0.25, -0.2) is 4.39 Å². The van der Waals surface area contributed by atoms with Gasteiger partial charge in [0, 0.05) is 0 Å². The van der Waals surface area contributed by atoms with E-state index < -0.39 is 0 Å². The molecule has 0 aromatic heterocycles. The molecule has 0 spiro atoms. The highest BCUT2D eigenvalue weighted by Gasteiger charge is 2.23. The number of nitrogens with two attached hydrogens (primary N) is 1. The van der Waals surface area contributed by atoms with Gasteiger partial charge in [0.15, 0.2) is 0 Å². The molecule has 16 heavy (non-hydrogen) atoms. The van der Waals surface area contributed by atoms with Crippen molar-refractivity contribution in [2.45, 2.75) is 12.1 Å². The molecule has 2 N–H and O–H groups in total. The van der Waals surface area contributed by atoms with Crippen LogP contribution in [0.15, 0.2) is 22.7 Å². The number of hydrogen-bond acceptors (Lipinski definition) is 3. The first kappa shape index (κ1) is 12.0. The monoisotopic (exact) mass is 289 g/mol. The Morgan fingerprint density at radius 3 is 2.88 bits per heavy atom. The van der Waals surface area contributed by atoms with E-state index in [9.17, 15) is 4.39 Å². The maximum Gasteiger partial charge on any atom is 0.137 e. The minimum atomic E-state index is -0.295. The van der Waals surface area contributed by atoms with E-state index in [1.54, 1.807) is 12.1 Å². The predicted octanol–water partition coefficient (Wildman–Crippen LogP) is 2.00. The summed E-state index contributed by atoms with van der Waals surface area (Å²) in [5.41, 5.74) is 6.88. The van der Waals surface area contributed by atoms with Crippen molar-refractivity contribution in [1.82, 2.24) is 0 Å². The van der Waals surface area contributed by atoms with E-state index >= 15 is 0 Å². The molecule has 0 aliphatic carbocycles. The molecular formula is C11H13BrFNO2. The van der Waals surface area contributed by atoms with Crippen LogP contribution in [0.1, 0.15) is 11.6 Å². The van der Waals surface area contributed by atoms with Crippen LogP contribution in [-0.4, -0.2) is 25.9 Å². The van der Waals surface area contributed by atoms with Crippen LogP contribution >= 0.6 is 15.9 Å². The number of hydrogen-bond donors (Lipinski definition) is 1. The van der Waals surface area contributed by atoms with Crippen molar-refractivity contribution < 1.29 is 13.9 Å². The number of halogens is 2. The topological polar surface area (TPSA) is 44.5 Å². The van der Waals surface area contributed by atoms with Gasteiger partial charge in [-0.05, 0) is 33.6 Å². The fourth-order valence-corrected chi connectivity index (χ4v) is 2.04. The number of benzene rings is 1. The molecule has 88 valence electrons. The number of rotatable bonds is 2. The van der Waals surface area contributed by atoms with E-state index in [-0.39, 0.29) is 18.0 Å². The van der Waals surface area contributed by atoms with Crippen LogP contribution in [0, 0.1) is 5.82 Å². The van der Waals surface area contributed by atoms with Gasteiger partial charge in [0.25, 0.3) is 0 Å². The molecule has 1 aromatic carbocycles. The van der Waals surface area contributed by atoms with Crippen molar-refractivity contribution in [2.75, 3.05) is 19.8 Å². The molecular weight excluding hydrogens is 277 g/mol. The van der Waals surface area contributed by atoms with Crippen molar-refractivity contribution >= 4 is 15.9 Å². The predicted molar refractivity (Wildman–Crippen MR) is 61.6 cm³/mol. The molecule has 0 saturated carbocycles. The van der Waals surface area contributed by atoms with E-state index in [0.29, 0.717) is 24.3 Å². The van der Waals surface area contributed by atoms with E-state index in [0.717, 1.165) is 5.56 Å². The summed E-state index contributed by atoms with van der Waals surface area (Å²) in [6.07, 6.45) is -0.161. The Bertz CT molecular complexity index is 369. The third kappa shape index (κ3) is 2.60. The zero-order valence-corrected chi connectivity index (χ0v) is 10.2. The highest BCUT2D eigenvalue weighted by molar-refractivity contribution is 9.10. The van der Waals surface area contributed by atoms with E-state index in [4.69, 9.17) is 15.2 Å². The van der Waals surface area contributed by atoms with Gasteiger partial charge in [0.1, 0.15) is 11.9 Å². The summed E-state index contributed by atoms with van der Waals surface area (Å²) in [6.45, 7) is 1.65. The lowest BCUT2D eigenvalue weighted by Crippen LogP contribution is -2.37. The van der Waals surface area contributed by atoms with Gasteiger partial charge in [-0.3, -0.25) is 0 Å². The Kier molecular flexibility index (Phi) is 3.91. The van der Waals surface area contributed by atoms with Crippen LogP contribution in [0.25, 0.3) is 0 Å². The fraction of sp³-hybridized carbons (Fsp3) is 0.455. The molecule has 1 saturated heterocycles. The van der Waals surface area contributed by atoms with E-state index in [1.165, 1.54) is 6.07 Å². The lowest BCUT2D eigenvalue weighted by Gasteiger charge is -2.28. The molecule has 0 radical (unpaired) electrons. The van der Waals surface area contributed by atoms with Crippen LogP contribution < -0.4 is 5.73 Å². The molecule has 2 unspecified atom stereocenters. The fourth-order valence-electron chi connectivity index (χ4n) is 1.65. The second kappa shape index (κ2) is 5.23. The molecule has 1 heterocycles. The molecule has 0 amide bonds. The molecule has 2 atom stereocenters. The average molecular weight is 290 g/mol. The summed E-state index contributed by atoms with van der Waals surface area (Å²) in [4.78, 5) is 0. The smallest absolute Gasteiger partial charge is 0.137 e. The van der Waals surface area contributed by atoms with Crippen LogP contribution in [0.2, 0.25) is 0 Å². The Labute approximate surface area is 102 Å². The van der Waals surface area contributed by atoms with Gasteiger partial charge in [-0.15, -0.1) is 0 Å². The minimum absolute atomic E-state index is 0.161. The van der Waals surface area contributed by atoms with Crippen LogP contribution in [0.5, 0.6) is 0 Å². The SMILES string of the molecule is NC(c1ccc(F)c(Br)c1)C1COCCO1. The van der Waals surface area contributed by atoms with E-state index in [1.807, 2.05) is 0 Å². The zero-order chi connectivity index (χ0) is 11.5. The molecule has 0 bridgehead atoms. The highest BCUT2D eigenvalue weighted by atomic mass is 79.9. The summed E-state index contributed by atoms with van der Waals surface area (Å²) in [6, 6.07) is 4.45. The summed E-state index contributed by atoms with van der Waals surface area (Å²) < 4.78 is 24.3. The normalized spacial score (nSPS) is 23.1. The average Bonchev–Trinajstić information content (AvgIpc) is 2.33. The van der Waals surface area contributed by atoms with Crippen molar-refractivity contribution in [3.63, 3.8) is 0 Å². The summed E-state index contributed by atoms with van der Waals surface area (Å²) in [7, 11) is 0. The van der Waals surface area contributed by atoms with E-state index in [2.05, 4.69) is 15.9 Å². The first-order valence-corrected chi connectivity index (χ1v) is 5.87. The van der Waals surface area contributed by atoms with Gasteiger partial charge in [0.2, 0.25) is 0 Å². The first-order valence-electron chi connectivity index (χ1n) is 5.08. The quantitative estimate of drug-likeness (QED) is 0.906. The van der Waals surface area contributed by atoms with Gasteiger partial charge in [0.05, 0.1) is 30.3 Å². The van der Waals surface area contributed by atoms with Crippen LogP contribution in [-0.2, 0) is 9.47 Å². The third-order valence-corrected chi connectivity index (χ3v) is 3.18. The third-order valence-electron chi connectivity index (χ3n) is 2.57. The molecule has 1 aliphatic heterocycles. The Hall–Kier alpha value is -0.490. The first-order chi connectivity index (χ1) is 7.68. The second-order valence-electron chi connectivity index (χ2n) is 3.68. The molecule has 2 rings (SSSR count). The summed E-state index contributed by atoms with van der Waals surface area (Å²) in [5.74, 6) is -0.295. The lowest BCUT2D eigenvalue weighted by molar-refractivity contribution is -0.0975. The van der Waals surface area contributed by atoms with Crippen molar-refractivity contribution in [1.29, 1.82) is 0 Å². The molecule has 1 aromatic rings. The molecule has 1 fully saturated rings. The zero-order valence-electron chi connectivity index (χ0n) is 8.66. The summed E-state index contributed by atoms with van der Waals surface area (Å²) in [5, 5.41) is 0. The van der Waals surface area contributed by atoms with Gasteiger partial charge >= 0.3 is 0 Å². The van der Waals surface area contributed by atoms with Crippen molar-refractivity contribution in [3.05, 3.63) is 34.1 Å². The van der Waals surface area contributed by atoms with Crippen LogP contribution in [0.3, 0.4) is 0 Å². The van der Waals surface area contributed by atoms with Crippen molar-refractivity contribution in [3.8, 4) is 0 Å². The molecule has 5 heteroatoms. The molecule has 1 aliphatic rings. The largest absolute Gasteiger partial charge is 0.376 e. The maximum atomic E-state index is 13.1. The van der Waals surface area contributed by atoms with Gasteiger partial charge in [-0.1, -0.05) is 6.07 Å². The van der Waals surface area contributed by atoms with Crippen molar-refractivity contribution in [2.24, 2.45) is 5.73 Å². The Morgan fingerprint density at radius 2 is 2.25 bits per heavy atom. The second-order valence-corrected chi connectivity index (χ2v) is 4.54. The van der Waals surface area contributed by atoms with Crippen LogP contribution in [0.4, 0.5) is 4.39 Å². The Balaban J connectivity index is 2.12. The highest BCUT2D eigenvalue weighted by Crippen LogP contribution is 2.24. The standard InChI is InChI=1S/C11H13BrFNO2/c12-8-5-7(1-2-9(8)13)11(14)10-6-15-3-4-16-10/h1-2,5,10-11H,3-4,6,14H2. The summed E-state index contributed by atoms with van der Waals surface area (Å²) >= 11 is 3.14.